The van der Waals surface area contributed by atoms with Crippen LogP contribution >= 0.6 is 31.9 Å². The monoisotopic (exact) mass is 371 g/mol. The second-order valence-electron chi connectivity index (χ2n) is 4.11. The molecule has 0 fully saturated rings. The number of rotatable bonds is 4. The Morgan fingerprint density at radius 1 is 1.33 bits per heavy atom. The Morgan fingerprint density at radius 2 is 2.11 bits per heavy atom. The van der Waals surface area contributed by atoms with Crippen LogP contribution in [-0.4, -0.2) is 9.78 Å². The van der Waals surface area contributed by atoms with E-state index in [9.17, 15) is 0 Å². The topological polar surface area (TPSA) is 29.9 Å². The molecule has 5 heteroatoms. The van der Waals surface area contributed by atoms with Gasteiger partial charge >= 0.3 is 0 Å². The molecule has 3 nitrogen and oxygen atoms in total. The lowest BCUT2D eigenvalue weighted by molar-refractivity contribution is 0.746. The quantitative estimate of drug-likeness (QED) is 0.874. The second kappa shape index (κ2) is 5.89. The van der Waals surface area contributed by atoms with Crippen molar-refractivity contribution in [2.75, 3.05) is 5.32 Å². The summed E-state index contributed by atoms with van der Waals surface area (Å²) in [5, 5.41) is 7.86. The molecule has 0 atom stereocenters. The van der Waals surface area contributed by atoms with Gasteiger partial charge in [0.05, 0.1) is 5.69 Å². The van der Waals surface area contributed by atoms with Gasteiger partial charge in [0.2, 0.25) is 0 Å². The Balaban J connectivity index is 2.11. The van der Waals surface area contributed by atoms with Gasteiger partial charge in [0.25, 0.3) is 0 Å². The van der Waals surface area contributed by atoms with Gasteiger partial charge in [-0.05, 0) is 40.5 Å². The lowest BCUT2D eigenvalue weighted by Crippen LogP contribution is -2.01. The van der Waals surface area contributed by atoms with Gasteiger partial charge in [-0.1, -0.05) is 22.9 Å². The van der Waals surface area contributed by atoms with Crippen LogP contribution in [0, 0.1) is 0 Å². The summed E-state index contributed by atoms with van der Waals surface area (Å²) < 4.78 is 3.99. The number of aromatic nitrogens is 2. The average molecular weight is 373 g/mol. The summed E-state index contributed by atoms with van der Waals surface area (Å²) in [6, 6.07) is 6.11. The first-order chi connectivity index (χ1) is 8.60. The van der Waals surface area contributed by atoms with E-state index in [0.29, 0.717) is 0 Å². The third-order valence-electron chi connectivity index (χ3n) is 2.73. The van der Waals surface area contributed by atoms with E-state index in [0.717, 1.165) is 33.3 Å². The van der Waals surface area contributed by atoms with Crippen molar-refractivity contribution in [2.24, 2.45) is 7.05 Å². The zero-order valence-corrected chi connectivity index (χ0v) is 13.5. The van der Waals surface area contributed by atoms with Gasteiger partial charge in [0.15, 0.2) is 0 Å². The SMILES string of the molecule is CCc1nn(C)cc1CNc1ccc(Br)cc1Br. The highest BCUT2D eigenvalue weighted by atomic mass is 79.9. The molecule has 18 heavy (non-hydrogen) atoms. The zero-order valence-electron chi connectivity index (χ0n) is 10.4. The number of hydrogen-bond acceptors (Lipinski definition) is 2. The highest BCUT2D eigenvalue weighted by Crippen LogP contribution is 2.26. The van der Waals surface area contributed by atoms with Crippen LogP contribution in [0.25, 0.3) is 0 Å². The maximum Gasteiger partial charge on any atom is 0.0671 e. The molecule has 0 saturated heterocycles. The number of hydrogen-bond donors (Lipinski definition) is 1. The van der Waals surface area contributed by atoms with Crippen LogP contribution in [0.1, 0.15) is 18.2 Å². The molecule has 2 aromatic rings. The largest absolute Gasteiger partial charge is 0.380 e. The van der Waals surface area contributed by atoms with Crippen LogP contribution in [0.15, 0.2) is 33.3 Å². The molecular weight excluding hydrogens is 358 g/mol. The van der Waals surface area contributed by atoms with Crippen molar-refractivity contribution in [2.45, 2.75) is 19.9 Å². The first kappa shape index (κ1) is 13.6. The molecule has 0 aliphatic heterocycles. The zero-order chi connectivity index (χ0) is 13.1. The van der Waals surface area contributed by atoms with Crippen molar-refractivity contribution >= 4 is 37.5 Å². The summed E-state index contributed by atoms with van der Waals surface area (Å²) in [7, 11) is 1.96. The Kier molecular flexibility index (Phi) is 4.45. The van der Waals surface area contributed by atoms with Gasteiger partial charge in [-0.2, -0.15) is 5.10 Å². The predicted molar refractivity (Wildman–Crippen MR) is 81.8 cm³/mol. The number of anilines is 1. The number of halogens is 2. The van der Waals surface area contributed by atoms with Gasteiger partial charge in [0.1, 0.15) is 0 Å². The fraction of sp³-hybridized carbons (Fsp3) is 0.308. The summed E-state index contributed by atoms with van der Waals surface area (Å²) >= 11 is 7.00. The molecule has 0 radical (unpaired) electrons. The van der Waals surface area contributed by atoms with E-state index >= 15 is 0 Å². The number of aryl methyl sites for hydroxylation is 2. The smallest absolute Gasteiger partial charge is 0.0671 e. The lowest BCUT2D eigenvalue weighted by atomic mass is 10.2. The minimum atomic E-state index is 0.789. The highest BCUT2D eigenvalue weighted by molar-refractivity contribution is 9.11. The van der Waals surface area contributed by atoms with E-state index in [4.69, 9.17) is 0 Å². The Hall–Kier alpha value is -0.810. The Morgan fingerprint density at radius 3 is 2.78 bits per heavy atom. The summed E-state index contributed by atoms with van der Waals surface area (Å²) in [5.41, 5.74) is 3.48. The first-order valence-corrected chi connectivity index (χ1v) is 7.39. The molecule has 1 heterocycles. The van der Waals surface area contributed by atoms with Crippen LogP contribution in [-0.2, 0) is 20.0 Å². The summed E-state index contributed by atoms with van der Waals surface area (Å²) in [5.74, 6) is 0. The van der Waals surface area contributed by atoms with Gasteiger partial charge < -0.3 is 5.32 Å². The van der Waals surface area contributed by atoms with E-state index in [1.54, 1.807) is 0 Å². The molecule has 0 saturated carbocycles. The fourth-order valence-corrected chi connectivity index (χ4v) is 3.04. The number of benzene rings is 1. The van der Waals surface area contributed by atoms with Crippen molar-refractivity contribution < 1.29 is 0 Å². The van der Waals surface area contributed by atoms with Gasteiger partial charge in [-0.15, -0.1) is 0 Å². The van der Waals surface area contributed by atoms with Crippen molar-refractivity contribution in [3.05, 3.63) is 44.6 Å². The molecule has 0 bridgehead atoms. The summed E-state index contributed by atoms with van der Waals surface area (Å²) in [6.45, 7) is 2.92. The van der Waals surface area contributed by atoms with Crippen LogP contribution in [0.2, 0.25) is 0 Å². The third kappa shape index (κ3) is 3.14. The van der Waals surface area contributed by atoms with Gasteiger partial charge in [-0.25, -0.2) is 0 Å². The molecule has 0 amide bonds. The molecule has 0 aliphatic rings. The third-order valence-corrected chi connectivity index (χ3v) is 3.88. The lowest BCUT2D eigenvalue weighted by Gasteiger charge is -2.08. The molecule has 0 spiro atoms. The first-order valence-electron chi connectivity index (χ1n) is 5.80. The number of nitrogens with one attached hydrogen (secondary N) is 1. The fourth-order valence-electron chi connectivity index (χ4n) is 1.85. The normalized spacial score (nSPS) is 10.7. The van der Waals surface area contributed by atoms with Crippen molar-refractivity contribution in [3.63, 3.8) is 0 Å². The molecular formula is C13H15Br2N3. The molecule has 1 aromatic carbocycles. The number of nitrogens with zero attached hydrogens (tertiary/aromatic N) is 2. The van der Waals surface area contributed by atoms with E-state index in [1.807, 2.05) is 23.9 Å². The Labute approximate surface area is 124 Å². The van der Waals surface area contributed by atoms with E-state index in [1.165, 1.54) is 5.56 Å². The highest BCUT2D eigenvalue weighted by Gasteiger charge is 2.06. The second-order valence-corrected chi connectivity index (χ2v) is 5.88. The van der Waals surface area contributed by atoms with E-state index < -0.39 is 0 Å². The van der Waals surface area contributed by atoms with Crippen molar-refractivity contribution in [1.82, 2.24) is 9.78 Å². The molecule has 0 unspecified atom stereocenters. The van der Waals surface area contributed by atoms with Gasteiger partial charge in [0, 0.05) is 40.0 Å². The summed E-state index contributed by atoms with van der Waals surface area (Å²) in [6.07, 6.45) is 3.03. The minimum absolute atomic E-state index is 0.789. The average Bonchev–Trinajstić information content (AvgIpc) is 2.68. The molecule has 1 aromatic heterocycles. The van der Waals surface area contributed by atoms with Crippen LogP contribution in [0.4, 0.5) is 5.69 Å². The molecule has 1 N–H and O–H groups in total. The van der Waals surface area contributed by atoms with E-state index in [2.05, 4.69) is 61.5 Å². The Bertz CT molecular complexity index is 549. The van der Waals surface area contributed by atoms with Crippen molar-refractivity contribution in [3.8, 4) is 0 Å². The molecule has 0 aliphatic carbocycles. The van der Waals surface area contributed by atoms with Crippen LogP contribution in [0.3, 0.4) is 0 Å². The van der Waals surface area contributed by atoms with E-state index in [-0.39, 0.29) is 0 Å². The van der Waals surface area contributed by atoms with Crippen molar-refractivity contribution in [1.29, 1.82) is 0 Å². The molecule has 2 rings (SSSR count). The van der Waals surface area contributed by atoms with Crippen LogP contribution in [0.5, 0.6) is 0 Å². The summed E-state index contributed by atoms with van der Waals surface area (Å²) in [4.78, 5) is 0. The van der Waals surface area contributed by atoms with Gasteiger partial charge in [-0.3, -0.25) is 4.68 Å². The maximum absolute atomic E-state index is 4.44. The molecule has 96 valence electrons. The minimum Gasteiger partial charge on any atom is -0.380 e. The van der Waals surface area contributed by atoms with Crippen LogP contribution < -0.4 is 5.32 Å². The predicted octanol–water partition coefficient (Wildman–Crippen LogP) is 4.12. The standard InChI is InChI=1S/C13H15Br2N3/c1-3-12-9(8-18(2)17-12)7-16-13-5-4-10(14)6-11(13)15/h4-6,8,16H,3,7H2,1-2H3. The maximum atomic E-state index is 4.44.